The third-order valence-electron chi connectivity index (χ3n) is 7.62. The first-order chi connectivity index (χ1) is 20.8. The molecule has 0 amide bonds. The molecule has 4 rings (SSSR count). The molecular weight excluding hydrogens is 703 g/mol. The number of halogens is 5. The Labute approximate surface area is 271 Å². The first-order valence-corrected chi connectivity index (χ1v) is 17.1. The van der Waals surface area contributed by atoms with Crippen LogP contribution < -0.4 is 11.2 Å². The average molecular weight is 737 g/mol. The number of hydrogen-bond acceptors (Lipinski definition) is 7. The van der Waals surface area contributed by atoms with E-state index in [2.05, 4.69) is 20.9 Å². The van der Waals surface area contributed by atoms with Crippen LogP contribution in [0.1, 0.15) is 63.6 Å². The normalized spacial score (nSPS) is 16.4. The molecule has 1 aromatic heterocycles. The second-order valence-electron chi connectivity index (χ2n) is 12.1. The maximum Gasteiger partial charge on any atom is 0.416 e. The number of ether oxygens (including phenoxy) is 1. The fourth-order valence-corrected chi connectivity index (χ4v) is 7.43. The summed E-state index contributed by atoms with van der Waals surface area (Å²) in [5.41, 5.74) is -3.77. The molecule has 1 saturated heterocycles. The van der Waals surface area contributed by atoms with E-state index >= 15 is 0 Å². The molecule has 1 atom stereocenters. The highest BCUT2D eigenvalue weighted by Gasteiger charge is 2.37. The van der Waals surface area contributed by atoms with Gasteiger partial charge in [-0.05, 0) is 97.4 Å². The van der Waals surface area contributed by atoms with E-state index < -0.39 is 50.4 Å². The van der Waals surface area contributed by atoms with Gasteiger partial charge in [0, 0.05) is 29.0 Å². The Morgan fingerprint density at radius 1 is 1.16 bits per heavy atom. The van der Waals surface area contributed by atoms with E-state index in [1.165, 1.54) is 25.1 Å². The predicted molar refractivity (Wildman–Crippen MR) is 168 cm³/mol. The maximum atomic E-state index is 14.4. The number of H-pyrrole nitrogens is 1. The van der Waals surface area contributed by atoms with Crippen LogP contribution >= 0.6 is 27.5 Å². The molecule has 0 spiro atoms. The summed E-state index contributed by atoms with van der Waals surface area (Å²) in [7, 11) is -3.77. The summed E-state index contributed by atoms with van der Waals surface area (Å²) < 4.78 is 74.5. The largest absolute Gasteiger partial charge is 0.460 e. The Morgan fingerprint density at radius 2 is 1.84 bits per heavy atom. The molecule has 9 nitrogen and oxygen atoms in total. The lowest BCUT2D eigenvalue weighted by Crippen LogP contribution is -2.36. The van der Waals surface area contributed by atoms with Crippen molar-refractivity contribution in [3.8, 4) is 0 Å². The summed E-state index contributed by atoms with van der Waals surface area (Å²) in [6.07, 6.45) is -3.39. The third-order valence-corrected chi connectivity index (χ3v) is 10.6. The predicted octanol–water partition coefficient (Wildman–Crippen LogP) is 5.91. The van der Waals surface area contributed by atoms with Gasteiger partial charge in [-0.25, -0.2) is 13.2 Å². The zero-order chi connectivity index (χ0) is 33.5. The van der Waals surface area contributed by atoms with Crippen molar-refractivity contribution < 1.29 is 31.1 Å². The number of fused-ring (bicyclic) bond motifs is 1. The molecule has 45 heavy (non-hydrogen) atoms. The molecule has 0 bridgehead atoms. The standard InChI is InChI=1S/C30H34BrClF3N3O6S/c1-5-45(42,43)23-8-7-19(32)12-18(23)15-38-27(40)20-13-22(30(33,34)35)21(25(31)26(20)36-28(38)41)16-37-11-10-17(14-37)6-9-24(39)44-29(2,3)4/h7-8,12-13,17H,5-6,9-11,14-16H2,1-4H3,(H,36,41)/t17-/m1/s1. The van der Waals surface area contributed by atoms with Crippen molar-refractivity contribution in [2.24, 2.45) is 5.92 Å². The summed E-state index contributed by atoms with van der Waals surface area (Å²) in [5, 5.41) is -0.234. The summed E-state index contributed by atoms with van der Waals surface area (Å²) in [6.45, 7) is 7.09. The molecule has 0 saturated carbocycles. The number of benzene rings is 2. The molecule has 1 aliphatic heterocycles. The van der Waals surface area contributed by atoms with Crippen molar-refractivity contribution in [2.75, 3.05) is 18.8 Å². The van der Waals surface area contributed by atoms with Gasteiger partial charge in [0.2, 0.25) is 0 Å². The highest BCUT2D eigenvalue weighted by molar-refractivity contribution is 9.10. The fraction of sp³-hybridized carbons (Fsp3) is 0.500. The van der Waals surface area contributed by atoms with Crippen LogP contribution in [0.15, 0.2) is 43.2 Å². The summed E-state index contributed by atoms with van der Waals surface area (Å²) in [4.78, 5) is 43.0. The van der Waals surface area contributed by atoms with Crippen LogP contribution in [-0.2, 0) is 38.6 Å². The molecule has 1 fully saturated rings. The van der Waals surface area contributed by atoms with Gasteiger partial charge in [0.25, 0.3) is 5.56 Å². The molecule has 246 valence electrons. The number of aromatic amines is 1. The van der Waals surface area contributed by atoms with Gasteiger partial charge >= 0.3 is 17.8 Å². The zero-order valence-electron chi connectivity index (χ0n) is 25.2. The van der Waals surface area contributed by atoms with Crippen LogP contribution in [0.3, 0.4) is 0 Å². The Kier molecular flexibility index (Phi) is 10.3. The number of sulfone groups is 1. The van der Waals surface area contributed by atoms with Gasteiger partial charge in [-0.2, -0.15) is 13.2 Å². The van der Waals surface area contributed by atoms with Crippen LogP contribution in [0.4, 0.5) is 13.2 Å². The molecule has 2 aromatic carbocycles. The van der Waals surface area contributed by atoms with E-state index in [4.69, 9.17) is 16.3 Å². The van der Waals surface area contributed by atoms with Gasteiger partial charge in [-0.15, -0.1) is 0 Å². The lowest BCUT2D eigenvalue weighted by molar-refractivity contribution is -0.155. The molecule has 2 heterocycles. The number of rotatable bonds is 9. The monoisotopic (exact) mass is 735 g/mol. The van der Waals surface area contributed by atoms with E-state index in [-0.39, 0.29) is 61.6 Å². The van der Waals surface area contributed by atoms with Crippen LogP contribution in [0.5, 0.6) is 0 Å². The summed E-state index contributed by atoms with van der Waals surface area (Å²) in [5.74, 6) is -0.492. The highest BCUT2D eigenvalue weighted by Crippen LogP contribution is 2.39. The van der Waals surface area contributed by atoms with Crippen LogP contribution in [-0.4, -0.2) is 53.3 Å². The Morgan fingerprint density at radius 3 is 2.47 bits per heavy atom. The number of esters is 1. The van der Waals surface area contributed by atoms with Crippen LogP contribution in [0.25, 0.3) is 10.9 Å². The molecular formula is C30H34BrClF3N3O6S. The molecule has 0 radical (unpaired) electrons. The van der Waals surface area contributed by atoms with Crippen molar-refractivity contribution in [1.82, 2.24) is 14.5 Å². The Bertz CT molecular complexity index is 1850. The number of carbonyl (C=O) groups excluding carboxylic acids is 1. The summed E-state index contributed by atoms with van der Waals surface area (Å²) in [6, 6.07) is 4.65. The van der Waals surface area contributed by atoms with E-state index in [0.717, 1.165) is 6.07 Å². The number of carbonyl (C=O) groups is 1. The van der Waals surface area contributed by atoms with Gasteiger partial charge in [-0.3, -0.25) is 19.1 Å². The quantitative estimate of drug-likeness (QED) is 0.272. The first kappa shape index (κ1) is 35.2. The van der Waals surface area contributed by atoms with E-state index in [9.17, 15) is 36.0 Å². The molecule has 0 aliphatic carbocycles. The van der Waals surface area contributed by atoms with E-state index in [1.807, 2.05) is 4.90 Å². The molecule has 15 heteroatoms. The second kappa shape index (κ2) is 13.2. The smallest absolute Gasteiger partial charge is 0.416 e. The van der Waals surface area contributed by atoms with Crippen molar-refractivity contribution in [2.45, 2.75) is 76.7 Å². The van der Waals surface area contributed by atoms with Crippen molar-refractivity contribution in [1.29, 1.82) is 0 Å². The van der Waals surface area contributed by atoms with Crippen molar-refractivity contribution in [3.63, 3.8) is 0 Å². The van der Waals surface area contributed by atoms with E-state index in [0.29, 0.717) is 30.5 Å². The number of nitrogens with zero attached hydrogens (tertiary/aromatic N) is 2. The van der Waals surface area contributed by atoms with Gasteiger partial charge < -0.3 is 9.72 Å². The average Bonchev–Trinajstić information content (AvgIpc) is 3.37. The van der Waals surface area contributed by atoms with Crippen molar-refractivity contribution >= 4 is 54.2 Å². The fourth-order valence-electron chi connectivity index (χ4n) is 5.48. The van der Waals surface area contributed by atoms with Gasteiger partial charge in [0.05, 0.1) is 33.7 Å². The lowest BCUT2D eigenvalue weighted by atomic mass is 10.0. The van der Waals surface area contributed by atoms with E-state index in [1.54, 1.807) is 20.8 Å². The Hall–Kier alpha value is -2.68. The molecule has 1 aliphatic rings. The minimum atomic E-state index is -4.83. The SMILES string of the molecule is CCS(=O)(=O)c1ccc(Cl)cc1Cn1c(=O)[nH]c2c(Br)c(CN3CC[C@@H](CCC(=O)OC(C)(C)C)C3)c(C(F)(F)F)cc2c1=O. The van der Waals surface area contributed by atoms with Crippen LogP contribution in [0, 0.1) is 5.92 Å². The third kappa shape index (κ3) is 8.19. The maximum absolute atomic E-state index is 14.4. The minimum absolute atomic E-state index is 0.0540. The highest BCUT2D eigenvalue weighted by atomic mass is 79.9. The number of alkyl halides is 3. The van der Waals surface area contributed by atoms with Crippen molar-refractivity contribution in [3.05, 3.63) is 71.3 Å². The first-order valence-electron chi connectivity index (χ1n) is 14.3. The zero-order valence-corrected chi connectivity index (χ0v) is 28.3. The number of nitrogens with one attached hydrogen (secondary N) is 1. The lowest BCUT2D eigenvalue weighted by Gasteiger charge is -2.22. The Balaban J connectivity index is 1.68. The van der Waals surface area contributed by atoms with Gasteiger partial charge in [0.15, 0.2) is 9.84 Å². The summed E-state index contributed by atoms with van der Waals surface area (Å²) >= 11 is 9.31. The van der Waals surface area contributed by atoms with Crippen LogP contribution in [0.2, 0.25) is 5.02 Å². The number of aromatic nitrogens is 2. The molecule has 3 aromatic rings. The topological polar surface area (TPSA) is 119 Å². The number of likely N-dealkylation sites (tertiary alicyclic amines) is 1. The van der Waals surface area contributed by atoms with Gasteiger partial charge in [0.1, 0.15) is 5.60 Å². The van der Waals surface area contributed by atoms with Gasteiger partial charge in [-0.1, -0.05) is 18.5 Å². The molecule has 0 unspecified atom stereocenters. The number of hydrogen-bond donors (Lipinski definition) is 1. The molecule has 1 N–H and O–H groups in total. The minimum Gasteiger partial charge on any atom is -0.460 e. The second-order valence-corrected chi connectivity index (χ2v) is 15.6.